The Balaban J connectivity index is 4.38. The summed E-state index contributed by atoms with van der Waals surface area (Å²) in [7, 11) is -2.33. The summed E-state index contributed by atoms with van der Waals surface area (Å²) in [4.78, 5) is 21.1. The van der Waals surface area contributed by atoms with Crippen molar-refractivity contribution < 1.29 is 33.0 Å². The van der Waals surface area contributed by atoms with E-state index in [0.717, 1.165) is 0 Å². The monoisotopic (exact) mass is 283 g/mol. The molecule has 0 radical (unpaired) electrons. The normalized spacial score (nSPS) is 13.2. The van der Waals surface area contributed by atoms with Gasteiger partial charge in [0.15, 0.2) is 0 Å². The summed E-state index contributed by atoms with van der Waals surface area (Å²) in [6.07, 6.45) is -0.483. The fourth-order valence-corrected chi connectivity index (χ4v) is 2.44. The lowest BCUT2D eigenvalue weighted by molar-refractivity contribution is -0.140. The molecule has 0 rings (SSSR count). The Morgan fingerprint density at radius 2 is 1.94 bits per heavy atom. The standard InChI is InChI=1S/C9H17NO7S/c1-17-5-2-6-18(15,16)10-7(9(13)14)3-4-8(11)12/h7,10H,2-6H2,1H3,(H,11,12)(H,13,14). The topological polar surface area (TPSA) is 130 Å². The van der Waals surface area contributed by atoms with Gasteiger partial charge in [0.05, 0.1) is 5.75 Å². The van der Waals surface area contributed by atoms with Crippen molar-refractivity contribution in [2.24, 2.45) is 0 Å². The minimum Gasteiger partial charge on any atom is -0.481 e. The molecular weight excluding hydrogens is 266 g/mol. The number of methoxy groups -OCH3 is 1. The van der Waals surface area contributed by atoms with Crippen molar-refractivity contribution in [2.75, 3.05) is 19.5 Å². The number of sulfonamides is 1. The van der Waals surface area contributed by atoms with Crippen LogP contribution in [-0.2, 0) is 24.3 Å². The summed E-state index contributed by atoms with van der Waals surface area (Å²) in [5.41, 5.74) is 0. The molecule has 9 heteroatoms. The van der Waals surface area contributed by atoms with Gasteiger partial charge in [0.25, 0.3) is 0 Å². The van der Waals surface area contributed by atoms with Gasteiger partial charge in [-0.1, -0.05) is 0 Å². The molecule has 0 aromatic heterocycles. The summed E-state index contributed by atoms with van der Waals surface area (Å²) in [5.74, 6) is -2.84. The summed E-state index contributed by atoms with van der Waals surface area (Å²) >= 11 is 0. The molecule has 0 amide bonds. The number of hydrogen-bond donors (Lipinski definition) is 3. The van der Waals surface area contributed by atoms with E-state index in [0.29, 0.717) is 0 Å². The van der Waals surface area contributed by atoms with E-state index in [9.17, 15) is 18.0 Å². The lowest BCUT2D eigenvalue weighted by Crippen LogP contribution is -2.42. The largest absolute Gasteiger partial charge is 0.481 e. The Bertz CT molecular complexity index is 378. The molecular formula is C9H17NO7S. The van der Waals surface area contributed by atoms with Crippen LogP contribution < -0.4 is 4.72 Å². The molecule has 0 bridgehead atoms. The van der Waals surface area contributed by atoms with Gasteiger partial charge in [-0.2, -0.15) is 0 Å². The minimum atomic E-state index is -3.75. The van der Waals surface area contributed by atoms with E-state index in [1.54, 1.807) is 0 Å². The van der Waals surface area contributed by atoms with Crippen LogP contribution in [0.2, 0.25) is 0 Å². The van der Waals surface area contributed by atoms with Crippen LogP contribution in [0.15, 0.2) is 0 Å². The van der Waals surface area contributed by atoms with Crippen molar-refractivity contribution in [3.63, 3.8) is 0 Å². The highest BCUT2D eigenvalue weighted by molar-refractivity contribution is 7.89. The molecule has 1 unspecified atom stereocenters. The SMILES string of the molecule is COCCCS(=O)(=O)NC(CCC(=O)O)C(=O)O. The second-order valence-electron chi connectivity index (χ2n) is 3.61. The number of carboxylic acids is 2. The highest BCUT2D eigenvalue weighted by Crippen LogP contribution is 2.01. The van der Waals surface area contributed by atoms with Crippen molar-refractivity contribution in [2.45, 2.75) is 25.3 Å². The molecule has 18 heavy (non-hydrogen) atoms. The number of ether oxygens (including phenoxy) is 1. The van der Waals surface area contributed by atoms with Crippen molar-refractivity contribution >= 4 is 22.0 Å². The van der Waals surface area contributed by atoms with E-state index >= 15 is 0 Å². The maximum Gasteiger partial charge on any atom is 0.321 e. The van der Waals surface area contributed by atoms with Gasteiger partial charge in [0, 0.05) is 20.1 Å². The van der Waals surface area contributed by atoms with E-state index in [4.69, 9.17) is 10.2 Å². The average molecular weight is 283 g/mol. The molecule has 106 valence electrons. The molecule has 1 atom stereocenters. The second-order valence-corrected chi connectivity index (χ2v) is 5.48. The smallest absolute Gasteiger partial charge is 0.321 e. The van der Waals surface area contributed by atoms with E-state index in [-0.39, 0.29) is 25.2 Å². The zero-order chi connectivity index (χ0) is 14.2. The van der Waals surface area contributed by atoms with Gasteiger partial charge in [-0.3, -0.25) is 9.59 Å². The quantitative estimate of drug-likeness (QED) is 0.450. The zero-order valence-corrected chi connectivity index (χ0v) is 10.8. The van der Waals surface area contributed by atoms with Crippen molar-refractivity contribution in [1.29, 1.82) is 0 Å². The number of carboxylic acid groups (broad SMARTS) is 2. The third kappa shape index (κ3) is 7.98. The Morgan fingerprint density at radius 1 is 1.33 bits per heavy atom. The second kappa shape index (κ2) is 8.01. The number of carbonyl (C=O) groups is 2. The molecule has 3 N–H and O–H groups in total. The van der Waals surface area contributed by atoms with Crippen LogP contribution in [0.1, 0.15) is 19.3 Å². The highest BCUT2D eigenvalue weighted by Gasteiger charge is 2.24. The lowest BCUT2D eigenvalue weighted by atomic mass is 10.2. The fourth-order valence-electron chi connectivity index (χ4n) is 1.17. The Morgan fingerprint density at radius 3 is 2.39 bits per heavy atom. The lowest BCUT2D eigenvalue weighted by Gasteiger charge is -2.13. The average Bonchev–Trinajstić information content (AvgIpc) is 2.23. The summed E-state index contributed by atoms with van der Waals surface area (Å²) in [5, 5.41) is 17.2. The van der Waals surface area contributed by atoms with Crippen LogP contribution in [-0.4, -0.2) is 56.1 Å². The molecule has 0 heterocycles. The predicted molar refractivity (Wildman–Crippen MR) is 61.7 cm³/mol. The Kier molecular flexibility index (Phi) is 7.48. The van der Waals surface area contributed by atoms with E-state index in [1.165, 1.54) is 7.11 Å². The number of hydrogen-bond acceptors (Lipinski definition) is 5. The third-order valence-electron chi connectivity index (χ3n) is 2.03. The summed E-state index contributed by atoms with van der Waals surface area (Å²) in [6.45, 7) is 0.244. The molecule has 0 aliphatic rings. The first-order valence-corrected chi connectivity index (χ1v) is 6.87. The van der Waals surface area contributed by atoms with Crippen LogP contribution in [0, 0.1) is 0 Å². The van der Waals surface area contributed by atoms with Crippen LogP contribution in [0.5, 0.6) is 0 Å². The van der Waals surface area contributed by atoms with Gasteiger partial charge >= 0.3 is 11.9 Å². The van der Waals surface area contributed by atoms with Gasteiger partial charge in [-0.25, -0.2) is 13.1 Å². The van der Waals surface area contributed by atoms with Crippen LogP contribution in [0.3, 0.4) is 0 Å². The molecule has 0 fully saturated rings. The summed E-state index contributed by atoms with van der Waals surface area (Å²) in [6, 6.07) is -1.42. The minimum absolute atomic E-state index is 0.233. The highest BCUT2D eigenvalue weighted by atomic mass is 32.2. The fraction of sp³-hybridized carbons (Fsp3) is 0.778. The molecule has 0 aliphatic heterocycles. The van der Waals surface area contributed by atoms with Gasteiger partial charge < -0.3 is 14.9 Å². The van der Waals surface area contributed by atoms with Crippen molar-refractivity contribution in [3.8, 4) is 0 Å². The third-order valence-corrected chi connectivity index (χ3v) is 3.50. The number of rotatable bonds is 10. The van der Waals surface area contributed by atoms with Crippen LogP contribution in [0.25, 0.3) is 0 Å². The van der Waals surface area contributed by atoms with Crippen LogP contribution in [0.4, 0.5) is 0 Å². The van der Waals surface area contributed by atoms with Crippen molar-refractivity contribution in [3.05, 3.63) is 0 Å². The zero-order valence-electron chi connectivity index (χ0n) is 9.96. The van der Waals surface area contributed by atoms with Crippen molar-refractivity contribution in [1.82, 2.24) is 4.72 Å². The Hall–Kier alpha value is -1.19. The predicted octanol–water partition coefficient (Wildman–Crippen LogP) is -0.740. The molecule has 0 saturated heterocycles. The first kappa shape index (κ1) is 16.8. The van der Waals surface area contributed by atoms with Crippen LogP contribution >= 0.6 is 0 Å². The van der Waals surface area contributed by atoms with Gasteiger partial charge in [-0.05, 0) is 12.8 Å². The molecule has 0 saturated carbocycles. The maximum atomic E-state index is 11.5. The first-order valence-electron chi connectivity index (χ1n) is 5.22. The molecule has 8 nitrogen and oxygen atoms in total. The van der Waals surface area contributed by atoms with Gasteiger partial charge in [-0.15, -0.1) is 0 Å². The van der Waals surface area contributed by atoms with E-state index in [2.05, 4.69) is 4.74 Å². The molecule has 0 spiro atoms. The molecule has 0 aliphatic carbocycles. The maximum absolute atomic E-state index is 11.5. The first-order chi connectivity index (χ1) is 8.28. The molecule has 0 aromatic carbocycles. The molecule has 0 aromatic rings. The van der Waals surface area contributed by atoms with Gasteiger partial charge in [0.1, 0.15) is 6.04 Å². The number of nitrogens with one attached hydrogen (secondary N) is 1. The number of aliphatic carboxylic acids is 2. The summed E-state index contributed by atoms with van der Waals surface area (Å²) < 4.78 is 29.6. The Labute approximate surface area is 105 Å². The van der Waals surface area contributed by atoms with E-state index in [1.807, 2.05) is 4.72 Å². The van der Waals surface area contributed by atoms with Gasteiger partial charge in [0.2, 0.25) is 10.0 Å². The van der Waals surface area contributed by atoms with E-state index < -0.39 is 34.4 Å².